The van der Waals surface area contributed by atoms with Crippen LogP contribution in [0.5, 0.6) is 0 Å². The van der Waals surface area contributed by atoms with Crippen molar-refractivity contribution >= 4 is 17.7 Å². The number of rotatable bonds is 4. The molecule has 2 amide bonds. The SMILES string of the molecule is CC(=O)N1CC2CN(c3cc(C(F)(F)F)ccc3CN3CCN(C(=O)OC(C(F)(F)F)C(F)(F)F)CC3)CC2C1. The number of alkyl halides is 9. The van der Waals surface area contributed by atoms with Crippen molar-refractivity contribution in [1.82, 2.24) is 14.7 Å². The van der Waals surface area contributed by atoms with Gasteiger partial charge in [0.15, 0.2) is 0 Å². The predicted octanol–water partition coefficient (Wildman–Crippen LogP) is 4.37. The first kappa shape index (κ1) is 30.1. The van der Waals surface area contributed by atoms with Crippen LogP contribution in [0, 0.1) is 11.8 Å². The van der Waals surface area contributed by atoms with Crippen molar-refractivity contribution in [2.24, 2.45) is 11.8 Å². The molecule has 3 heterocycles. The maximum Gasteiger partial charge on any atom is 0.434 e. The number of carbonyl (C=O) groups is 2. The molecule has 16 heteroatoms. The first-order valence-corrected chi connectivity index (χ1v) is 12.5. The number of piperazine rings is 1. The van der Waals surface area contributed by atoms with Crippen LogP contribution in [0.2, 0.25) is 0 Å². The molecule has 0 aliphatic carbocycles. The number of hydrogen-bond acceptors (Lipinski definition) is 5. The van der Waals surface area contributed by atoms with E-state index in [1.54, 1.807) is 9.80 Å². The van der Waals surface area contributed by atoms with Crippen molar-refractivity contribution in [2.45, 2.75) is 38.1 Å². The molecule has 3 saturated heterocycles. The van der Waals surface area contributed by atoms with Gasteiger partial charge in [-0.3, -0.25) is 9.69 Å². The maximum absolute atomic E-state index is 13.5. The van der Waals surface area contributed by atoms with Crippen molar-refractivity contribution in [3.8, 4) is 0 Å². The lowest BCUT2D eigenvalue weighted by Crippen LogP contribution is -2.52. The van der Waals surface area contributed by atoms with E-state index in [4.69, 9.17) is 0 Å². The predicted molar refractivity (Wildman–Crippen MR) is 122 cm³/mol. The summed E-state index contributed by atoms with van der Waals surface area (Å²) >= 11 is 0. The highest BCUT2D eigenvalue weighted by Gasteiger charge is 2.60. The number of fused-ring (bicyclic) bond motifs is 1. The first-order chi connectivity index (χ1) is 18.4. The molecule has 0 aromatic heterocycles. The van der Waals surface area contributed by atoms with E-state index in [1.165, 1.54) is 13.0 Å². The molecule has 2 atom stereocenters. The smallest absolute Gasteiger partial charge is 0.426 e. The Hall–Kier alpha value is -2.91. The minimum atomic E-state index is -5.83. The number of halogens is 9. The first-order valence-electron chi connectivity index (χ1n) is 12.5. The quantitative estimate of drug-likeness (QED) is 0.488. The van der Waals surface area contributed by atoms with Crippen LogP contribution in [-0.4, -0.2) is 97.5 Å². The van der Waals surface area contributed by atoms with Gasteiger partial charge in [0.05, 0.1) is 5.56 Å². The summed E-state index contributed by atoms with van der Waals surface area (Å²) in [5, 5.41) is 0. The molecule has 3 fully saturated rings. The van der Waals surface area contributed by atoms with Crippen molar-refractivity contribution in [3.05, 3.63) is 29.3 Å². The summed E-state index contributed by atoms with van der Waals surface area (Å²) in [6.07, 6.45) is -22.2. The van der Waals surface area contributed by atoms with E-state index in [-0.39, 0.29) is 50.5 Å². The lowest BCUT2D eigenvalue weighted by Gasteiger charge is -2.36. The number of benzene rings is 1. The van der Waals surface area contributed by atoms with E-state index in [0.29, 0.717) is 37.4 Å². The van der Waals surface area contributed by atoms with Crippen molar-refractivity contribution < 1.29 is 53.8 Å². The Morgan fingerprint density at radius 1 is 0.850 bits per heavy atom. The number of anilines is 1. The Morgan fingerprint density at radius 3 is 1.88 bits per heavy atom. The topological polar surface area (TPSA) is 56.3 Å². The summed E-state index contributed by atoms with van der Waals surface area (Å²) in [6, 6.07) is 3.38. The summed E-state index contributed by atoms with van der Waals surface area (Å²) in [5.74, 6) is 0.159. The molecule has 3 aliphatic heterocycles. The van der Waals surface area contributed by atoms with E-state index in [1.807, 2.05) is 4.90 Å². The van der Waals surface area contributed by atoms with E-state index in [2.05, 4.69) is 4.74 Å². The summed E-state index contributed by atoms with van der Waals surface area (Å²) in [4.78, 5) is 29.8. The molecule has 224 valence electrons. The summed E-state index contributed by atoms with van der Waals surface area (Å²) in [6.45, 7) is 3.22. The second-order valence-corrected chi connectivity index (χ2v) is 10.3. The largest absolute Gasteiger partial charge is 0.434 e. The van der Waals surface area contributed by atoms with Gasteiger partial charge in [0.25, 0.3) is 6.10 Å². The van der Waals surface area contributed by atoms with Gasteiger partial charge in [0.1, 0.15) is 0 Å². The highest BCUT2D eigenvalue weighted by atomic mass is 19.4. The van der Waals surface area contributed by atoms with Gasteiger partial charge in [0.2, 0.25) is 5.91 Å². The van der Waals surface area contributed by atoms with Crippen LogP contribution in [-0.2, 0) is 22.3 Å². The normalized spacial score (nSPS) is 22.7. The third-order valence-electron chi connectivity index (χ3n) is 7.52. The third-order valence-corrected chi connectivity index (χ3v) is 7.52. The molecule has 3 aliphatic rings. The number of likely N-dealkylation sites (tertiary alicyclic amines) is 1. The number of nitrogens with zero attached hydrogens (tertiary/aromatic N) is 4. The van der Waals surface area contributed by atoms with Crippen molar-refractivity contribution in [1.29, 1.82) is 0 Å². The Labute approximate surface area is 223 Å². The molecule has 40 heavy (non-hydrogen) atoms. The fourth-order valence-electron chi connectivity index (χ4n) is 5.44. The lowest BCUT2D eigenvalue weighted by molar-refractivity contribution is -0.308. The van der Waals surface area contributed by atoms with Crippen LogP contribution in [0.3, 0.4) is 0 Å². The molecule has 1 aromatic rings. The molecule has 0 bridgehead atoms. The Balaban J connectivity index is 1.42. The number of amides is 2. The monoisotopic (exact) mass is 590 g/mol. The number of carbonyl (C=O) groups excluding carboxylic acids is 2. The van der Waals surface area contributed by atoms with Gasteiger partial charge in [-0.25, -0.2) is 4.79 Å². The Kier molecular flexibility index (Phi) is 8.13. The summed E-state index contributed by atoms with van der Waals surface area (Å²) < 4.78 is 121. The number of hydrogen-bond donors (Lipinski definition) is 0. The number of ether oxygens (including phenoxy) is 1. The molecular formula is C24H27F9N4O3. The second-order valence-electron chi connectivity index (χ2n) is 10.3. The molecule has 1 aromatic carbocycles. The second kappa shape index (κ2) is 10.8. The fourth-order valence-corrected chi connectivity index (χ4v) is 5.44. The molecule has 2 unspecified atom stereocenters. The standard InChI is InChI=1S/C24H27F9N4O3/c1-14(38)36-10-16-12-37(13-17(16)11-36)19-8-18(22(25,26)27)3-2-15(19)9-34-4-6-35(7-5-34)21(39)40-20(23(28,29)30)24(31,32)33/h2-3,8,16-17,20H,4-7,9-13H2,1H3. The van der Waals surface area contributed by atoms with Crippen LogP contribution in [0.15, 0.2) is 18.2 Å². The van der Waals surface area contributed by atoms with Gasteiger partial charge < -0.3 is 19.4 Å². The van der Waals surface area contributed by atoms with Crippen LogP contribution >= 0.6 is 0 Å². The Bertz CT molecular complexity index is 1070. The lowest BCUT2D eigenvalue weighted by atomic mass is 10.0. The van der Waals surface area contributed by atoms with E-state index in [9.17, 15) is 49.1 Å². The van der Waals surface area contributed by atoms with Crippen LogP contribution in [0.1, 0.15) is 18.1 Å². The van der Waals surface area contributed by atoms with Crippen molar-refractivity contribution in [2.75, 3.05) is 57.3 Å². The van der Waals surface area contributed by atoms with E-state index in [0.717, 1.165) is 17.0 Å². The zero-order valence-corrected chi connectivity index (χ0v) is 21.2. The molecule has 0 radical (unpaired) electrons. The summed E-state index contributed by atoms with van der Waals surface area (Å²) in [5.41, 5.74) is 0.102. The minimum Gasteiger partial charge on any atom is -0.426 e. The minimum absolute atomic E-state index is 0.0527. The fraction of sp³-hybridized carbons (Fsp3) is 0.667. The van der Waals surface area contributed by atoms with E-state index >= 15 is 0 Å². The summed E-state index contributed by atoms with van der Waals surface area (Å²) in [7, 11) is 0. The molecule has 0 N–H and O–H groups in total. The zero-order chi connectivity index (χ0) is 29.6. The van der Waals surface area contributed by atoms with Gasteiger partial charge in [-0.1, -0.05) is 6.07 Å². The average Bonchev–Trinajstić information content (AvgIpc) is 3.41. The molecular weight excluding hydrogens is 563 g/mol. The van der Waals surface area contributed by atoms with Crippen molar-refractivity contribution in [3.63, 3.8) is 0 Å². The molecule has 7 nitrogen and oxygen atoms in total. The van der Waals surface area contributed by atoms with Gasteiger partial charge >= 0.3 is 24.6 Å². The third kappa shape index (κ3) is 6.69. The van der Waals surface area contributed by atoms with Crippen LogP contribution in [0.4, 0.5) is 50.0 Å². The molecule has 0 spiro atoms. The highest BCUT2D eigenvalue weighted by Crippen LogP contribution is 2.39. The Morgan fingerprint density at radius 2 is 1.40 bits per heavy atom. The highest BCUT2D eigenvalue weighted by molar-refractivity contribution is 5.73. The van der Waals surface area contributed by atoms with E-state index < -0.39 is 36.3 Å². The van der Waals surface area contributed by atoms with Crippen LogP contribution in [0.25, 0.3) is 0 Å². The molecule has 4 rings (SSSR count). The maximum atomic E-state index is 13.5. The van der Waals surface area contributed by atoms with Gasteiger partial charge in [-0.05, 0) is 17.7 Å². The average molecular weight is 590 g/mol. The van der Waals surface area contributed by atoms with Gasteiger partial charge in [0, 0.05) is 83.3 Å². The molecule has 0 saturated carbocycles. The van der Waals surface area contributed by atoms with Gasteiger partial charge in [-0.15, -0.1) is 0 Å². The van der Waals surface area contributed by atoms with Crippen LogP contribution < -0.4 is 4.90 Å². The van der Waals surface area contributed by atoms with Gasteiger partial charge in [-0.2, -0.15) is 39.5 Å². The zero-order valence-electron chi connectivity index (χ0n) is 21.2.